The molecule has 0 saturated carbocycles. The molecule has 0 amide bonds. The highest BCUT2D eigenvalue weighted by Gasteiger charge is 2.03. The maximum absolute atomic E-state index is 13.1. The van der Waals surface area contributed by atoms with E-state index in [4.69, 9.17) is 9.47 Å². The molecule has 20 heavy (non-hydrogen) atoms. The van der Waals surface area contributed by atoms with Crippen LogP contribution in [0.25, 0.3) is 10.9 Å². The average Bonchev–Trinajstić information content (AvgIpc) is 2.87. The van der Waals surface area contributed by atoms with Crippen molar-refractivity contribution in [2.24, 2.45) is 0 Å². The van der Waals surface area contributed by atoms with Gasteiger partial charge < -0.3 is 14.5 Å². The minimum atomic E-state index is -0.239. The van der Waals surface area contributed by atoms with Crippen LogP contribution in [0.15, 0.2) is 48.5 Å². The van der Waals surface area contributed by atoms with Crippen LogP contribution >= 0.6 is 0 Å². The minimum absolute atomic E-state index is 0.239. The maximum Gasteiger partial charge on any atom is 0.128 e. The van der Waals surface area contributed by atoms with E-state index in [1.54, 1.807) is 13.2 Å². The van der Waals surface area contributed by atoms with Gasteiger partial charge in [-0.15, -0.1) is 0 Å². The van der Waals surface area contributed by atoms with Crippen LogP contribution in [0.4, 0.5) is 4.39 Å². The Labute approximate surface area is 116 Å². The number of benzene rings is 2. The summed E-state index contributed by atoms with van der Waals surface area (Å²) in [6.07, 6.45) is 0. The molecule has 3 aromatic rings. The highest BCUT2D eigenvalue weighted by molar-refractivity contribution is 5.80. The Morgan fingerprint density at radius 1 is 1.05 bits per heavy atom. The van der Waals surface area contributed by atoms with Gasteiger partial charge in [0.1, 0.15) is 23.9 Å². The smallest absolute Gasteiger partial charge is 0.128 e. The van der Waals surface area contributed by atoms with Crippen LogP contribution in [-0.4, -0.2) is 12.1 Å². The summed E-state index contributed by atoms with van der Waals surface area (Å²) >= 11 is 0. The van der Waals surface area contributed by atoms with Crippen LogP contribution in [-0.2, 0) is 6.61 Å². The third-order valence-electron chi connectivity index (χ3n) is 3.07. The summed E-state index contributed by atoms with van der Waals surface area (Å²) in [6.45, 7) is 0.392. The van der Waals surface area contributed by atoms with Crippen LogP contribution in [0.2, 0.25) is 0 Å². The summed E-state index contributed by atoms with van der Waals surface area (Å²) in [7, 11) is 1.62. The molecular weight excluding hydrogens is 257 g/mol. The number of halogens is 1. The third-order valence-corrected chi connectivity index (χ3v) is 3.07. The number of fused-ring (bicyclic) bond motifs is 1. The monoisotopic (exact) mass is 271 g/mol. The van der Waals surface area contributed by atoms with E-state index < -0.39 is 0 Å². The summed E-state index contributed by atoms with van der Waals surface area (Å²) in [6, 6.07) is 14.0. The molecule has 0 bridgehead atoms. The molecule has 0 spiro atoms. The second-order valence-electron chi connectivity index (χ2n) is 4.49. The zero-order valence-electron chi connectivity index (χ0n) is 11.0. The number of aromatic amines is 1. The molecule has 0 aliphatic heterocycles. The molecule has 3 rings (SSSR count). The number of hydrogen-bond donors (Lipinski definition) is 1. The van der Waals surface area contributed by atoms with Crippen molar-refractivity contribution in [3.05, 3.63) is 60.0 Å². The van der Waals surface area contributed by atoms with Crippen molar-refractivity contribution in [3.8, 4) is 11.5 Å². The van der Waals surface area contributed by atoms with E-state index in [0.29, 0.717) is 6.61 Å². The topological polar surface area (TPSA) is 34.2 Å². The fraction of sp³-hybridized carbons (Fsp3) is 0.125. The molecule has 0 atom stereocenters. The van der Waals surface area contributed by atoms with Crippen LogP contribution in [0, 0.1) is 5.82 Å². The summed E-state index contributed by atoms with van der Waals surface area (Å²) in [4.78, 5) is 3.20. The molecular formula is C16H14FNO2. The van der Waals surface area contributed by atoms with Gasteiger partial charge in [-0.05, 0) is 36.4 Å². The Morgan fingerprint density at radius 2 is 1.90 bits per heavy atom. The van der Waals surface area contributed by atoms with E-state index in [0.717, 1.165) is 28.1 Å². The minimum Gasteiger partial charge on any atom is -0.497 e. The molecule has 1 aromatic heterocycles. The van der Waals surface area contributed by atoms with Crippen LogP contribution in [0.5, 0.6) is 11.5 Å². The predicted molar refractivity (Wildman–Crippen MR) is 75.6 cm³/mol. The Balaban J connectivity index is 1.76. The summed E-state index contributed by atoms with van der Waals surface area (Å²) in [5.41, 5.74) is 1.80. The lowest BCUT2D eigenvalue weighted by Gasteiger charge is -2.06. The zero-order chi connectivity index (χ0) is 13.9. The van der Waals surface area contributed by atoms with Gasteiger partial charge in [0, 0.05) is 17.0 Å². The van der Waals surface area contributed by atoms with Gasteiger partial charge in [0.25, 0.3) is 0 Å². The van der Waals surface area contributed by atoms with E-state index >= 15 is 0 Å². The van der Waals surface area contributed by atoms with Crippen LogP contribution < -0.4 is 9.47 Å². The number of rotatable bonds is 4. The summed E-state index contributed by atoms with van der Waals surface area (Å²) in [5.74, 6) is 1.24. The van der Waals surface area contributed by atoms with E-state index in [-0.39, 0.29) is 5.82 Å². The zero-order valence-corrected chi connectivity index (χ0v) is 11.0. The molecule has 0 saturated heterocycles. The van der Waals surface area contributed by atoms with Crippen LogP contribution in [0.1, 0.15) is 5.69 Å². The summed E-state index contributed by atoms with van der Waals surface area (Å²) < 4.78 is 23.9. The van der Waals surface area contributed by atoms with Crippen molar-refractivity contribution in [3.63, 3.8) is 0 Å². The Kier molecular flexibility index (Phi) is 3.29. The number of nitrogens with one attached hydrogen (secondary N) is 1. The van der Waals surface area contributed by atoms with E-state index in [1.807, 2.05) is 30.3 Å². The lowest BCUT2D eigenvalue weighted by atomic mass is 10.2. The number of ether oxygens (including phenoxy) is 2. The fourth-order valence-corrected chi connectivity index (χ4v) is 2.09. The lowest BCUT2D eigenvalue weighted by molar-refractivity contribution is 0.300. The molecule has 0 aliphatic carbocycles. The highest BCUT2D eigenvalue weighted by atomic mass is 19.1. The maximum atomic E-state index is 13.1. The van der Waals surface area contributed by atoms with Crippen molar-refractivity contribution < 1.29 is 13.9 Å². The highest BCUT2D eigenvalue weighted by Crippen LogP contribution is 2.21. The molecule has 1 N–H and O–H groups in total. The molecule has 0 radical (unpaired) electrons. The quantitative estimate of drug-likeness (QED) is 0.781. The Morgan fingerprint density at radius 3 is 2.75 bits per heavy atom. The van der Waals surface area contributed by atoms with Crippen molar-refractivity contribution >= 4 is 10.9 Å². The first-order valence-corrected chi connectivity index (χ1v) is 6.28. The lowest BCUT2D eigenvalue weighted by Crippen LogP contribution is -1.95. The van der Waals surface area contributed by atoms with Crippen molar-refractivity contribution in [1.82, 2.24) is 4.98 Å². The van der Waals surface area contributed by atoms with E-state index in [1.165, 1.54) is 12.1 Å². The van der Waals surface area contributed by atoms with E-state index in [2.05, 4.69) is 4.98 Å². The normalized spacial score (nSPS) is 10.7. The Hall–Kier alpha value is -2.49. The first-order valence-electron chi connectivity index (χ1n) is 6.28. The SMILES string of the molecule is COc1cccc(OCc2cc3cc(F)ccc3[nH]2)c1. The van der Waals surface area contributed by atoms with Gasteiger partial charge in [-0.1, -0.05) is 6.07 Å². The predicted octanol–water partition coefficient (Wildman–Crippen LogP) is 3.89. The first kappa shape index (κ1) is 12.5. The number of H-pyrrole nitrogens is 1. The molecule has 2 aromatic carbocycles. The van der Waals surface area contributed by atoms with Crippen molar-refractivity contribution in [1.29, 1.82) is 0 Å². The molecule has 3 nitrogen and oxygen atoms in total. The standard InChI is InChI=1S/C16H14FNO2/c1-19-14-3-2-4-15(9-14)20-10-13-8-11-7-12(17)5-6-16(11)18-13/h2-9,18H,10H2,1H3. The second kappa shape index (κ2) is 5.25. The number of aromatic nitrogens is 1. The molecule has 102 valence electrons. The van der Waals surface area contributed by atoms with Gasteiger partial charge in [0.05, 0.1) is 12.8 Å². The molecule has 4 heteroatoms. The fourth-order valence-electron chi connectivity index (χ4n) is 2.09. The van der Waals surface area contributed by atoms with E-state index in [9.17, 15) is 4.39 Å². The molecule has 0 fully saturated rings. The second-order valence-corrected chi connectivity index (χ2v) is 4.49. The number of methoxy groups -OCH3 is 1. The molecule has 1 heterocycles. The molecule has 0 unspecified atom stereocenters. The van der Waals surface area contributed by atoms with Gasteiger partial charge in [0.15, 0.2) is 0 Å². The van der Waals surface area contributed by atoms with Gasteiger partial charge in [-0.25, -0.2) is 4.39 Å². The number of hydrogen-bond acceptors (Lipinski definition) is 2. The largest absolute Gasteiger partial charge is 0.497 e. The molecule has 0 aliphatic rings. The van der Waals surface area contributed by atoms with Crippen molar-refractivity contribution in [2.45, 2.75) is 6.61 Å². The van der Waals surface area contributed by atoms with Crippen LogP contribution in [0.3, 0.4) is 0 Å². The first-order chi connectivity index (χ1) is 9.74. The third kappa shape index (κ3) is 2.59. The van der Waals surface area contributed by atoms with Gasteiger partial charge >= 0.3 is 0 Å². The van der Waals surface area contributed by atoms with Gasteiger partial charge in [-0.2, -0.15) is 0 Å². The Bertz CT molecular complexity index is 736. The van der Waals surface area contributed by atoms with Gasteiger partial charge in [0.2, 0.25) is 0 Å². The summed E-state index contributed by atoms with van der Waals surface area (Å²) in [5, 5.41) is 0.842. The van der Waals surface area contributed by atoms with Gasteiger partial charge in [-0.3, -0.25) is 0 Å². The van der Waals surface area contributed by atoms with Crippen molar-refractivity contribution in [2.75, 3.05) is 7.11 Å². The average molecular weight is 271 g/mol.